The van der Waals surface area contributed by atoms with E-state index in [4.69, 9.17) is 10.1 Å². The third-order valence-corrected chi connectivity index (χ3v) is 1.70. The van der Waals surface area contributed by atoms with Crippen LogP contribution in [0.5, 0.6) is 5.75 Å². The summed E-state index contributed by atoms with van der Waals surface area (Å²) in [5, 5.41) is 6.98. The summed E-state index contributed by atoms with van der Waals surface area (Å²) in [5.41, 5.74) is 0.729. The fraction of sp³-hybridized carbons (Fsp3) is 0.222. The number of halogens is 1. The van der Waals surface area contributed by atoms with Gasteiger partial charge in [-0.05, 0) is 18.6 Å². The fourth-order valence-electron chi connectivity index (χ4n) is 0.997. The maximum atomic E-state index is 13.2. The van der Waals surface area contributed by atoms with Gasteiger partial charge in [-0.2, -0.15) is 0 Å². The molecule has 0 aromatic heterocycles. The largest absolute Gasteiger partial charge is 0.496 e. The third-order valence-electron chi connectivity index (χ3n) is 1.70. The lowest BCUT2D eigenvalue weighted by Crippen LogP contribution is -1.96. The normalized spacial score (nSPS) is 9.58. The van der Waals surface area contributed by atoms with Crippen molar-refractivity contribution in [1.82, 2.24) is 0 Å². The lowest BCUT2D eigenvalue weighted by Gasteiger charge is -2.06. The van der Waals surface area contributed by atoms with Gasteiger partial charge in [0.1, 0.15) is 11.6 Å². The number of hydrogen-bond acceptors (Lipinski definition) is 2. The molecule has 0 aliphatic heterocycles. The molecule has 0 unspecified atom stereocenters. The summed E-state index contributed by atoms with van der Waals surface area (Å²) in [4.78, 5) is 0. The van der Waals surface area contributed by atoms with E-state index in [1.807, 2.05) is 0 Å². The summed E-state index contributed by atoms with van der Waals surface area (Å²) in [7, 11) is 1.46. The minimum Gasteiger partial charge on any atom is -0.496 e. The van der Waals surface area contributed by atoms with Gasteiger partial charge < -0.3 is 10.1 Å². The number of aryl methyl sites for hydroxylation is 1. The van der Waals surface area contributed by atoms with Gasteiger partial charge in [0.25, 0.3) is 0 Å². The Morgan fingerprint density at radius 2 is 2.17 bits per heavy atom. The van der Waals surface area contributed by atoms with E-state index in [1.165, 1.54) is 7.11 Å². The van der Waals surface area contributed by atoms with Crippen molar-refractivity contribution in [3.8, 4) is 5.75 Å². The fourth-order valence-corrected chi connectivity index (χ4v) is 0.997. The Bertz CT molecular complexity index is 310. The topological polar surface area (TPSA) is 33.1 Å². The van der Waals surface area contributed by atoms with Crippen LogP contribution >= 0.6 is 0 Å². The predicted octanol–water partition coefficient (Wildman–Crippen LogP) is 2.14. The molecule has 0 saturated heterocycles. The molecule has 1 rings (SSSR count). The van der Waals surface area contributed by atoms with Crippen LogP contribution in [-0.4, -0.2) is 13.3 Å². The molecule has 0 bridgehead atoms. The molecule has 0 spiro atoms. The zero-order valence-corrected chi connectivity index (χ0v) is 7.02. The molecular weight excluding hydrogens is 157 g/mol. The second kappa shape index (κ2) is 3.34. The van der Waals surface area contributed by atoms with E-state index in [-0.39, 0.29) is 11.4 Å². The summed E-state index contributed by atoms with van der Waals surface area (Å²) in [6.45, 7) is 1.65. The van der Waals surface area contributed by atoms with Crippen molar-refractivity contribution < 1.29 is 9.13 Å². The zero-order chi connectivity index (χ0) is 9.14. The molecule has 1 N–H and O–H groups in total. The highest BCUT2D eigenvalue weighted by Gasteiger charge is 2.08. The third kappa shape index (κ3) is 1.30. The molecule has 2 nitrogen and oxygen atoms in total. The first-order chi connectivity index (χ1) is 5.70. The first-order valence-electron chi connectivity index (χ1n) is 3.54. The lowest BCUT2D eigenvalue weighted by molar-refractivity contribution is 0.410. The SMILES string of the molecule is COc1ccc(C)c(F)c1C=N. The number of nitrogens with one attached hydrogen (secondary N) is 1. The van der Waals surface area contributed by atoms with E-state index in [0.717, 1.165) is 6.21 Å². The van der Waals surface area contributed by atoms with Gasteiger partial charge in [-0.1, -0.05) is 6.07 Å². The number of rotatable bonds is 2. The van der Waals surface area contributed by atoms with E-state index < -0.39 is 0 Å². The van der Waals surface area contributed by atoms with Crippen LogP contribution < -0.4 is 4.74 Å². The van der Waals surface area contributed by atoms with E-state index in [2.05, 4.69) is 0 Å². The number of benzene rings is 1. The van der Waals surface area contributed by atoms with Gasteiger partial charge in [-0.25, -0.2) is 4.39 Å². The molecule has 0 radical (unpaired) electrons. The molecule has 64 valence electrons. The van der Waals surface area contributed by atoms with Crippen LogP contribution in [0.2, 0.25) is 0 Å². The van der Waals surface area contributed by atoms with E-state index in [9.17, 15) is 4.39 Å². The Kier molecular flexibility index (Phi) is 2.43. The van der Waals surface area contributed by atoms with Crippen molar-refractivity contribution in [2.24, 2.45) is 0 Å². The number of ether oxygens (including phenoxy) is 1. The zero-order valence-electron chi connectivity index (χ0n) is 7.02. The van der Waals surface area contributed by atoms with Crippen molar-refractivity contribution >= 4 is 6.21 Å². The van der Waals surface area contributed by atoms with Crippen molar-refractivity contribution in [2.75, 3.05) is 7.11 Å². The van der Waals surface area contributed by atoms with E-state index in [0.29, 0.717) is 11.3 Å². The van der Waals surface area contributed by atoms with Crippen LogP contribution in [0.1, 0.15) is 11.1 Å². The van der Waals surface area contributed by atoms with Crippen LogP contribution in [-0.2, 0) is 0 Å². The first kappa shape index (κ1) is 8.71. The van der Waals surface area contributed by atoms with Crippen LogP contribution in [0.4, 0.5) is 4.39 Å². The van der Waals surface area contributed by atoms with Gasteiger partial charge in [-0.3, -0.25) is 0 Å². The minimum absolute atomic E-state index is 0.206. The summed E-state index contributed by atoms with van der Waals surface area (Å²) in [6, 6.07) is 3.28. The monoisotopic (exact) mass is 167 g/mol. The second-order valence-corrected chi connectivity index (χ2v) is 2.46. The number of methoxy groups -OCH3 is 1. The van der Waals surface area contributed by atoms with E-state index in [1.54, 1.807) is 19.1 Å². The van der Waals surface area contributed by atoms with Crippen LogP contribution in [0.25, 0.3) is 0 Å². The van der Waals surface area contributed by atoms with Crippen LogP contribution in [0.15, 0.2) is 12.1 Å². The van der Waals surface area contributed by atoms with Gasteiger partial charge in [0.15, 0.2) is 0 Å². The predicted molar refractivity (Wildman–Crippen MR) is 45.6 cm³/mol. The van der Waals surface area contributed by atoms with Crippen molar-refractivity contribution in [3.05, 3.63) is 29.1 Å². The molecule has 0 atom stereocenters. The molecule has 3 heteroatoms. The quantitative estimate of drug-likeness (QED) is 0.672. The summed E-state index contributed by atoms with van der Waals surface area (Å²) >= 11 is 0. The maximum absolute atomic E-state index is 13.2. The molecule has 0 fully saturated rings. The standard InChI is InChI=1S/C9H10FNO/c1-6-3-4-8(12-2)7(5-11)9(6)10/h3-5,11H,1-2H3. The lowest BCUT2D eigenvalue weighted by atomic mass is 10.1. The summed E-state index contributed by atoms with van der Waals surface area (Å²) < 4.78 is 18.1. The Morgan fingerprint density at radius 1 is 1.50 bits per heavy atom. The molecule has 0 aliphatic rings. The molecule has 0 saturated carbocycles. The smallest absolute Gasteiger partial charge is 0.138 e. The summed E-state index contributed by atoms with van der Waals surface area (Å²) in [5.74, 6) is 0.0115. The van der Waals surface area contributed by atoms with Crippen molar-refractivity contribution in [2.45, 2.75) is 6.92 Å². The Morgan fingerprint density at radius 3 is 2.67 bits per heavy atom. The highest BCUT2D eigenvalue weighted by atomic mass is 19.1. The molecule has 0 amide bonds. The average Bonchev–Trinajstić information content (AvgIpc) is 2.09. The summed E-state index contributed by atoms with van der Waals surface area (Å²) in [6.07, 6.45) is 0.959. The van der Waals surface area contributed by atoms with Gasteiger partial charge in [-0.15, -0.1) is 0 Å². The highest BCUT2D eigenvalue weighted by molar-refractivity contribution is 5.82. The van der Waals surface area contributed by atoms with Crippen molar-refractivity contribution in [1.29, 1.82) is 5.41 Å². The van der Waals surface area contributed by atoms with Gasteiger partial charge in [0.2, 0.25) is 0 Å². The molecule has 12 heavy (non-hydrogen) atoms. The molecule has 1 aromatic rings. The Labute approximate surface area is 70.5 Å². The first-order valence-corrected chi connectivity index (χ1v) is 3.54. The molecule has 0 aliphatic carbocycles. The van der Waals surface area contributed by atoms with E-state index >= 15 is 0 Å². The average molecular weight is 167 g/mol. The van der Waals surface area contributed by atoms with Crippen molar-refractivity contribution in [3.63, 3.8) is 0 Å². The van der Waals surface area contributed by atoms with Gasteiger partial charge in [0, 0.05) is 6.21 Å². The Balaban J connectivity index is 3.35. The molecule has 0 heterocycles. The Hall–Kier alpha value is -1.38. The van der Waals surface area contributed by atoms with Gasteiger partial charge >= 0.3 is 0 Å². The van der Waals surface area contributed by atoms with Gasteiger partial charge in [0.05, 0.1) is 12.7 Å². The number of hydrogen-bond donors (Lipinski definition) is 1. The second-order valence-electron chi connectivity index (χ2n) is 2.46. The highest BCUT2D eigenvalue weighted by Crippen LogP contribution is 2.21. The van der Waals surface area contributed by atoms with Crippen LogP contribution in [0.3, 0.4) is 0 Å². The molecular formula is C9H10FNO. The molecule has 1 aromatic carbocycles. The minimum atomic E-state index is -0.385. The maximum Gasteiger partial charge on any atom is 0.138 e. The van der Waals surface area contributed by atoms with Crippen LogP contribution in [0, 0.1) is 18.2 Å².